The van der Waals surface area contributed by atoms with E-state index in [0.717, 1.165) is 5.56 Å². The molecule has 0 unspecified atom stereocenters. The molecule has 2 heterocycles. The molecule has 5 aromatic carbocycles. The Hall–Kier alpha value is -6.38. The Morgan fingerprint density at radius 2 is 1.16 bits per heavy atom. The predicted molar refractivity (Wildman–Crippen MR) is 208 cm³/mol. The van der Waals surface area contributed by atoms with E-state index < -0.39 is 49.1 Å². The Bertz CT molecular complexity index is 2420. The van der Waals surface area contributed by atoms with Crippen LogP contribution in [-0.2, 0) is 18.9 Å². The van der Waals surface area contributed by atoms with E-state index in [1.165, 1.54) is 0 Å². The highest BCUT2D eigenvalue weighted by molar-refractivity contribution is 7.71. The number of aromatic nitrogens is 1. The number of carbonyl (C=O) groups excluding carboxylic acids is 3. The van der Waals surface area contributed by atoms with Crippen LogP contribution in [0.25, 0.3) is 22.4 Å². The number of carbonyl (C=O) groups is 3. The standard InChI is InChI=1S/C44H31ClN2O7S/c45-33-23-21-29(22-24-33)36-25-34(28-13-5-1-6-14-28)35(26-46)41(55)47(36)40-39(54-44(50)32-19-11-4-12-20-32)38(53-43(49)31-17-9-3-10-18-31)37(52-40)27-51-42(48)30-15-7-2-8-16-30/h1-25,37-40H,27H2/t37-,38-,39-,40-/m1/s1. The van der Waals surface area contributed by atoms with Crippen molar-refractivity contribution in [1.29, 1.82) is 5.26 Å². The number of esters is 3. The van der Waals surface area contributed by atoms with E-state index in [4.69, 9.17) is 42.8 Å². The van der Waals surface area contributed by atoms with Crippen LogP contribution in [0.4, 0.5) is 0 Å². The summed E-state index contributed by atoms with van der Waals surface area (Å²) in [4.78, 5) is 40.8. The Kier molecular flexibility index (Phi) is 11.3. The molecule has 0 amide bonds. The van der Waals surface area contributed by atoms with Crippen LogP contribution in [0.15, 0.2) is 152 Å². The fourth-order valence-electron chi connectivity index (χ4n) is 6.34. The molecule has 0 radical (unpaired) electrons. The number of ether oxygens (including phenoxy) is 4. The molecular weight excluding hydrogens is 736 g/mol. The van der Waals surface area contributed by atoms with Gasteiger partial charge in [-0.15, -0.1) is 0 Å². The first-order chi connectivity index (χ1) is 26.8. The molecule has 1 aliphatic rings. The average molecular weight is 767 g/mol. The number of benzene rings is 5. The van der Waals surface area contributed by atoms with Gasteiger partial charge in [0, 0.05) is 10.6 Å². The summed E-state index contributed by atoms with van der Waals surface area (Å²) in [5, 5.41) is 11.1. The minimum absolute atomic E-state index is 0.0645. The van der Waals surface area contributed by atoms with Gasteiger partial charge in [-0.25, -0.2) is 14.4 Å². The third kappa shape index (κ3) is 8.10. The lowest BCUT2D eigenvalue weighted by atomic mass is 9.98. The van der Waals surface area contributed by atoms with Crippen molar-refractivity contribution in [1.82, 2.24) is 4.57 Å². The Morgan fingerprint density at radius 3 is 1.69 bits per heavy atom. The molecule has 0 N–H and O–H groups in total. The number of pyridine rings is 1. The molecule has 55 heavy (non-hydrogen) atoms. The molecule has 7 rings (SSSR count). The summed E-state index contributed by atoms with van der Waals surface area (Å²) >= 11 is 12.4. The molecule has 4 atom stereocenters. The fraction of sp³-hybridized carbons (Fsp3) is 0.114. The maximum absolute atomic E-state index is 13.9. The lowest BCUT2D eigenvalue weighted by Gasteiger charge is -2.28. The molecule has 1 fully saturated rings. The topological polar surface area (TPSA) is 117 Å². The van der Waals surface area contributed by atoms with Crippen LogP contribution in [0.1, 0.15) is 42.9 Å². The number of nitriles is 1. The summed E-state index contributed by atoms with van der Waals surface area (Å²) < 4.78 is 26.4. The number of halogens is 1. The van der Waals surface area contributed by atoms with E-state index in [-0.39, 0.29) is 21.3 Å². The van der Waals surface area contributed by atoms with Gasteiger partial charge in [0.1, 0.15) is 23.4 Å². The van der Waals surface area contributed by atoms with Gasteiger partial charge in [0.15, 0.2) is 18.4 Å². The minimum Gasteiger partial charge on any atom is -0.459 e. The van der Waals surface area contributed by atoms with Crippen molar-refractivity contribution in [2.45, 2.75) is 24.5 Å². The minimum atomic E-state index is -1.37. The van der Waals surface area contributed by atoms with Gasteiger partial charge in [-0.2, -0.15) is 5.26 Å². The molecule has 6 aromatic rings. The third-order valence-electron chi connectivity index (χ3n) is 9.01. The molecule has 9 nitrogen and oxygen atoms in total. The Labute approximate surface area is 326 Å². The van der Waals surface area contributed by atoms with Gasteiger partial charge >= 0.3 is 17.9 Å². The monoisotopic (exact) mass is 766 g/mol. The molecule has 0 bridgehead atoms. The lowest BCUT2D eigenvalue weighted by molar-refractivity contribution is -0.0620. The SMILES string of the molecule is N#Cc1c(-c2ccccc2)cc(-c2ccc(Cl)cc2)n([C@@H]2O[C@H](COC(=O)c3ccccc3)[C@@H](OC(=O)c3ccccc3)[C@H]2OC(=O)c2ccccc2)c1=S. The number of hydrogen-bond acceptors (Lipinski definition) is 9. The zero-order chi connectivity index (χ0) is 38.3. The molecule has 1 aromatic heterocycles. The highest BCUT2D eigenvalue weighted by Gasteiger charge is 2.52. The molecule has 0 saturated carbocycles. The van der Waals surface area contributed by atoms with E-state index in [2.05, 4.69) is 6.07 Å². The summed E-state index contributed by atoms with van der Waals surface area (Å²) in [7, 11) is 0. The first kappa shape index (κ1) is 37.0. The summed E-state index contributed by atoms with van der Waals surface area (Å²) in [5.41, 5.74) is 3.35. The number of nitrogens with zero attached hydrogens (tertiary/aromatic N) is 2. The Morgan fingerprint density at radius 1 is 0.673 bits per heavy atom. The van der Waals surface area contributed by atoms with Gasteiger partial charge < -0.3 is 23.5 Å². The summed E-state index contributed by atoms with van der Waals surface area (Å²) in [6.45, 7) is -0.396. The van der Waals surface area contributed by atoms with Crippen molar-refractivity contribution in [2.75, 3.05) is 6.61 Å². The fourth-order valence-corrected chi connectivity index (χ4v) is 6.82. The maximum Gasteiger partial charge on any atom is 0.338 e. The van der Waals surface area contributed by atoms with Crippen molar-refractivity contribution in [3.05, 3.63) is 184 Å². The summed E-state index contributed by atoms with van der Waals surface area (Å²) in [6, 6.07) is 45.4. The zero-order valence-electron chi connectivity index (χ0n) is 29.0. The van der Waals surface area contributed by atoms with Gasteiger partial charge in [0.2, 0.25) is 0 Å². The first-order valence-electron chi connectivity index (χ1n) is 17.2. The van der Waals surface area contributed by atoms with Crippen molar-refractivity contribution < 1.29 is 33.3 Å². The largest absolute Gasteiger partial charge is 0.459 e. The second-order valence-corrected chi connectivity index (χ2v) is 13.3. The van der Waals surface area contributed by atoms with E-state index in [9.17, 15) is 19.6 Å². The normalized spacial score (nSPS) is 17.5. The molecule has 1 saturated heterocycles. The van der Waals surface area contributed by atoms with E-state index >= 15 is 0 Å². The van der Waals surface area contributed by atoms with Crippen LogP contribution in [0, 0.1) is 16.0 Å². The second-order valence-electron chi connectivity index (χ2n) is 12.5. The van der Waals surface area contributed by atoms with Crippen molar-refractivity contribution in [2.24, 2.45) is 0 Å². The molecule has 0 aliphatic carbocycles. The zero-order valence-corrected chi connectivity index (χ0v) is 30.6. The molecule has 11 heteroatoms. The molecular formula is C44H31ClN2O7S. The van der Waals surface area contributed by atoms with Gasteiger partial charge in [-0.1, -0.05) is 121 Å². The predicted octanol–water partition coefficient (Wildman–Crippen LogP) is 9.28. The van der Waals surface area contributed by atoms with Crippen LogP contribution < -0.4 is 0 Å². The molecule has 272 valence electrons. The molecule has 1 aliphatic heterocycles. The maximum atomic E-state index is 13.9. The molecule has 0 spiro atoms. The lowest BCUT2D eigenvalue weighted by Crippen LogP contribution is -2.41. The van der Waals surface area contributed by atoms with Gasteiger partial charge in [0.25, 0.3) is 0 Å². The summed E-state index contributed by atoms with van der Waals surface area (Å²) in [6.07, 6.45) is -5.16. The van der Waals surface area contributed by atoms with Crippen LogP contribution in [0.2, 0.25) is 5.02 Å². The van der Waals surface area contributed by atoms with Crippen LogP contribution in [0.3, 0.4) is 0 Å². The highest BCUT2D eigenvalue weighted by atomic mass is 35.5. The number of rotatable bonds is 10. The number of hydrogen-bond donors (Lipinski definition) is 0. The van der Waals surface area contributed by atoms with Gasteiger partial charge in [-0.3, -0.25) is 0 Å². The van der Waals surface area contributed by atoms with Gasteiger partial charge in [-0.05, 0) is 65.7 Å². The van der Waals surface area contributed by atoms with E-state index in [0.29, 0.717) is 27.4 Å². The van der Waals surface area contributed by atoms with E-state index in [1.807, 2.05) is 30.3 Å². The second kappa shape index (κ2) is 16.7. The van der Waals surface area contributed by atoms with Crippen molar-refractivity contribution >= 4 is 41.7 Å². The van der Waals surface area contributed by atoms with E-state index in [1.54, 1.807) is 126 Å². The summed E-state index contributed by atoms with van der Waals surface area (Å²) in [5.74, 6) is -2.10. The third-order valence-corrected chi connectivity index (χ3v) is 9.67. The first-order valence-corrected chi connectivity index (χ1v) is 18.0. The highest BCUT2D eigenvalue weighted by Crippen LogP contribution is 2.41. The Balaban J connectivity index is 1.40. The van der Waals surface area contributed by atoms with Crippen molar-refractivity contribution in [3.63, 3.8) is 0 Å². The smallest absolute Gasteiger partial charge is 0.338 e. The quantitative estimate of drug-likeness (QED) is 0.0764. The van der Waals surface area contributed by atoms with Gasteiger partial charge in [0.05, 0.1) is 27.9 Å². The van der Waals surface area contributed by atoms with Crippen LogP contribution in [0.5, 0.6) is 0 Å². The van der Waals surface area contributed by atoms with Crippen molar-refractivity contribution in [3.8, 4) is 28.5 Å². The van der Waals surface area contributed by atoms with Crippen LogP contribution in [-0.4, -0.2) is 47.4 Å². The van der Waals surface area contributed by atoms with Crippen LogP contribution >= 0.6 is 23.8 Å². The average Bonchev–Trinajstić information content (AvgIpc) is 3.56.